The van der Waals surface area contributed by atoms with E-state index in [4.69, 9.17) is 9.15 Å². The first-order valence-electron chi connectivity index (χ1n) is 10.8. The summed E-state index contributed by atoms with van der Waals surface area (Å²) < 4.78 is 12.7. The van der Waals surface area contributed by atoms with Crippen molar-refractivity contribution < 1.29 is 18.7 Å². The summed E-state index contributed by atoms with van der Waals surface area (Å²) in [5, 5.41) is 15.0. The molecule has 11 heteroatoms. The minimum atomic E-state index is -0.434. The molecular formula is C21H28N6O4S. The molecule has 2 amide bonds. The first-order valence-corrected chi connectivity index (χ1v) is 11.8. The van der Waals surface area contributed by atoms with Crippen LogP contribution in [0.3, 0.4) is 0 Å². The van der Waals surface area contributed by atoms with Crippen LogP contribution in [0.15, 0.2) is 39.2 Å². The second-order valence-corrected chi connectivity index (χ2v) is 8.83. The van der Waals surface area contributed by atoms with Gasteiger partial charge in [0.05, 0.1) is 31.5 Å². The van der Waals surface area contributed by atoms with E-state index in [9.17, 15) is 9.59 Å². The number of hydrogen-bond acceptors (Lipinski definition) is 8. The van der Waals surface area contributed by atoms with E-state index >= 15 is 0 Å². The number of hydrogen-bond donors (Lipinski definition) is 2. The van der Waals surface area contributed by atoms with Crippen molar-refractivity contribution in [2.45, 2.75) is 38.4 Å². The van der Waals surface area contributed by atoms with Gasteiger partial charge >= 0.3 is 12.0 Å². The van der Waals surface area contributed by atoms with Crippen molar-refractivity contribution in [2.24, 2.45) is 5.92 Å². The fourth-order valence-corrected chi connectivity index (χ4v) is 4.65. The Morgan fingerprint density at radius 2 is 2.16 bits per heavy atom. The Kier molecular flexibility index (Phi) is 7.03. The van der Waals surface area contributed by atoms with Crippen LogP contribution < -0.4 is 15.5 Å². The zero-order valence-corrected chi connectivity index (χ0v) is 19.1. The Labute approximate surface area is 190 Å². The standard InChI is InChI=1S/C21H28N6O4S/c1-3-30-18(28)16-11-22-19(29)23-17(16)13-32-21-25-24-20(26-8-6-14(2)7-9-26)27(21)12-15-5-4-10-31-15/h4-5,10,14H,3,6-9,11-13H2,1-2H3,(H2,22,23,29). The van der Waals surface area contributed by atoms with Crippen molar-refractivity contribution in [3.05, 3.63) is 35.4 Å². The first kappa shape index (κ1) is 22.3. The summed E-state index contributed by atoms with van der Waals surface area (Å²) >= 11 is 1.41. The number of carbonyl (C=O) groups is 2. The Morgan fingerprint density at radius 3 is 2.88 bits per heavy atom. The number of anilines is 1. The van der Waals surface area contributed by atoms with Gasteiger partial charge in [-0.25, -0.2) is 9.59 Å². The fraction of sp³-hybridized carbons (Fsp3) is 0.524. The van der Waals surface area contributed by atoms with Gasteiger partial charge in [-0.1, -0.05) is 18.7 Å². The van der Waals surface area contributed by atoms with E-state index in [0.29, 0.717) is 34.6 Å². The molecule has 172 valence electrons. The van der Waals surface area contributed by atoms with Gasteiger partial charge in [0.15, 0.2) is 5.16 Å². The van der Waals surface area contributed by atoms with Crippen LogP contribution in [0, 0.1) is 5.92 Å². The highest BCUT2D eigenvalue weighted by atomic mass is 32.2. The third kappa shape index (κ3) is 5.09. The van der Waals surface area contributed by atoms with Crippen molar-refractivity contribution in [1.82, 2.24) is 25.4 Å². The molecule has 0 aliphatic carbocycles. The molecule has 0 unspecified atom stereocenters. The smallest absolute Gasteiger partial charge is 0.337 e. The van der Waals surface area contributed by atoms with E-state index in [2.05, 4.69) is 32.7 Å². The Hall–Kier alpha value is -2.95. The number of carbonyl (C=O) groups excluding carboxylic acids is 2. The lowest BCUT2D eigenvalue weighted by Crippen LogP contribution is -2.44. The van der Waals surface area contributed by atoms with Crippen LogP contribution in [-0.2, 0) is 16.1 Å². The maximum Gasteiger partial charge on any atom is 0.337 e. The lowest BCUT2D eigenvalue weighted by molar-refractivity contribution is -0.138. The topological polar surface area (TPSA) is 115 Å². The molecule has 2 N–H and O–H groups in total. The lowest BCUT2D eigenvalue weighted by atomic mass is 10.00. The molecule has 2 aromatic heterocycles. The molecule has 2 aliphatic heterocycles. The van der Waals surface area contributed by atoms with Crippen LogP contribution in [0.1, 0.15) is 32.4 Å². The predicted molar refractivity (Wildman–Crippen MR) is 119 cm³/mol. The maximum atomic E-state index is 12.3. The summed E-state index contributed by atoms with van der Waals surface area (Å²) in [5.41, 5.74) is 0.944. The van der Waals surface area contributed by atoms with Crippen molar-refractivity contribution in [1.29, 1.82) is 0 Å². The van der Waals surface area contributed by atoms with Gasteiger partial charge in [0, 0.05) is 24.5 Å². The van der Waals surface area contributed by atoms with E-state index in [-0.39, 0.29) is 19.2 Å². The molecule has 1 fully saturated rings. The molecule has 4 heterocycles. The third-order valence-corrected chi connectivity index (χ3v) is 6.57. The Balaban J connectivity index is 1.57. The number of aromatic nitrogens is 3. The normalized spacial score (nSPS) is 17.3. The van der Waals surface area contributed by atoms with Crippen LogP contribution in [0.25, 0.3) is 0 Å². The van der Waals surface area contributed by atoms with Gasteiger partial charge in [0.1, 0.15) is 5.76 Å². The van der Waals surface area contributed by atoms with Crippen LogP contribution in [0.5, 0.6) is 0 Å². The molecule has 2 aliphatic rings. The number of furan rings is 1. The number of amides is 2. The molecular weight excluding hydrogens is 432 g/mol. The predicted octanol–water partition coefficient (Wildman–Crippen LogP) is 2.38. The lowest BCUT2D eigenvalue weighted by Gasteiger charge is -2.31. The van der Waals surface area contributed by atoms with E-state index in [1.165, 1.54) is 11.8 Å². The maximum absolute atomic E-state index is 12.3. The van der Waals surface area contributed by atoms with Crippen molar-refractivity contribution in [3.63, 3.8) is 0 Å². The van der Waals surface area contributed by atoms with E-state index in [1.807, 2.05) is 16.7 Å². The molecule has 4 rings (SSSR count). The van der Waals surface area contributed by atoms with Crippen LogP contribution in [0.2, 0.25) is 0 Å². The molecule has 0 aromatic carbocycles. The van der Waals surface area contributed by atoms with Crippen LogP contribution in [-0.4, -0.2) is 58.8 Å². The van der Waals surface area contributed by atoms with Gasteiger partial charge < -0.3 is 24.7 Å². The number of urea groups is 1. The number of rotatable bonds is 8. The molecule has 10 nitrogen and oxygen atoms in total. The SMILES string of the molecule is CCOC(=O)C1=C(CSc2nnc(N3CCC(C)CC3)n2Cc2ccco2)NC(=O)NC1. The van der Waals surface area contributed by atoms with Crippen molar-refractivity contribution >= 4 is 29.7 Å². The molecule has 32 heavy (non-hydrogen) atoms. The van der Waals surface area contributed by atoms with Gasteiger partial charge in [-0.2, -0.15) is 0 Å². The Morgan fingerprint density at radius 1 is 1.34 bits per heavy atom. The zero-order valence-electron chi connectivity index (χ0n) is 18.3. The number of nitrogens with zero attached hydrogens (tertiary/aromatic N) is 4. The average molecular weight is 461 g/mol. The van der Waals surface area contributed by atoms with Gasteiger partial charge in [-0.3, -0.25) is 4.57 Å². The molecule has 0 atom stereocenters. The number of thioether (sulfide) groups is 1. The number of nitrogens with one attached hydrogen (secondary N) is 2. The minimum absolute atomic E-state index is 0.136. The second-order valence-electron chi connectivity index (χ2n) is 7.89. The molecule has 0 bridgehead atoms. The summed E-state index contributed by atoms with van der Waals surface area (Å²) in [6, 6.07) is 3.44. The summed E-state index contributed by atoms with van der Waals surface area (Å²) in [4.78, 5) is 26.4. The van der Waals surface area contributed by atoms with E-state index in [1.54, 1.807) is 13.2 Å². The molecule has 0 spiro atoms. The van der Waals surface area contributed by atoms with Gasteiger partial charge in [0.2, 0.25) is 5.95 Å². The number of esters is 1. The Bertz CT molecular complexity index is 979. The van der Waals surface area contributed by atoms with Gasteiger partial charge in [-0.05, 0) is 37.8 Å². The van der Waals surface area contributed by atoms with Crippen LogP contribution in [0.4, 0.5) is 10.7 Å². The minimum Gasteiger partial charge on any atom is -0.467 e. The zero-order chi connectivity index (χ0) is 22.5. The van der Waals surface area contributed by atoms with Crippen molar-refractivity contribution in [3.8, 4) is 0 Å². The van der Waals surface area contributed by atoms with E-state index in [0.717, 1.165) is 37.6 Å². The molecule has 0 saturated carbocycles. The summed E-state index contributed by atoms with van der Waals surface area (Å²) in [7, 11) is 0. The highest BCUT2D eigenvalue weighted by Gasteiger charge is 2.26. The molecule has 1 saturated heterocycles. The summed E-state index contributed by atoms with van der Waals surface area (Å²) in [6.45, 7) is 6.80. The number of ether oxygens (including phenoxy) is 1. The van der Waals surface area contributed by atoms with E-state index < -0.39 is 5.97 Å². The highest BCUT2D eigenvalue weighted by molar-refractivity contribution is 7.99. The van der Waals surface area contributed by atoms with Gasteiger partial charge in [0.25, 0.3) is 0 Å². The van der Waals surface area contributed by atoms with Gasteiger partial charge in [-0.15, -0.1) is 10.2 Å². The monoisotopic (exact) mass is 460 g/mol. The average Bonchev–Trinajstić information content (AvgIpc) is 3.44. The fourth-order valence-electron chi connectivity index (χ4n) is 3.73. The highest BCUT2D eigenvalue weighted by Crippen LogP contribution is 2.28. The quantitative estimate of drug-likeness (QED) is 0.456. The molecule has 0 radical (unpaired) electrons. The van der Waals surface area contributed by atoms with Crippen molar-refractivity contribution in [2.75, 3.05) is 36.9 Å². The summed E-state index contributed by atoms with van der Waals surface area (Å²) in [5.74, 6) is 2.24. The van der Waals surface area contributed by atoms with Crippen LogP contribution >= 0.6 is 11.8 Å². The second kappa shape index (κ2) is 10.1. The third-order valence-electron chi connectivity index (χ3n) is 5.58. The number of piperidine rings is 1. The largest absolute Gasteiger partial charge is 0.467 e. The first-order chi connectivity index (χ1) is 15.5. The summed E-state index contributed by atoms with van der Waals surface area (Å²) in [6.07, 6.45) is 3.88. The molecule has 2 aromatic rings.